The Morgan fingerprint density at radius 3 is 2.48 bits per heavy atom. The van der Waals surface area contributed by atoms with Gasteiger partial charge in [-0.15, -0.1) is 24.0 Å². The first-order valence-corrected chi connectivity index (χ1v) is 9.91. The van der Waals surface area contributed by atoms with E-state index in [2.05, 4.69) is 20.9 Å². The molecule has 2 aromatic rings. The van der Waals surface area contributed by atoms with Crippen molar-refractivity contribution in [1.29, 1.82) is 0 Å². The molecule has 170 valence electrons. The van der Waals surface area contributed by atoms with E-state index in [1.165, 1.54) is 12.1 Å². The van der Waals surface area contributed by atoms with E-state index < -0.39 is 11.6 Å². The van der Waals surface area contributed by atoms with Gasteiger partial charge in [0.2, 0.25) is 0 Å². The van der Waals surface area contributed by atoms with Gasteiger partial charge in [0.05, 0.1) is 12.6 Å². The van der Waals surface area contributed by atoms with Crippen LogP contribution in [0.1, 0.15) is 37.9 Å². The number of likely N-dealkylation sites (N-methyl/N-ethyl adjacent to an activating group) is 1. The van der Waals surface area contributed by atoms with E-state index in [9.17, 15) is 13.6 Å². The Labute approximate surface area is 198 Å². The summed E-state index contributed by atoms with van der Waals surface area (Å²) in [5, 5.41) is 9.00. The molecule has 0 radical (unpaired) electrons. The van der Waals surface area contributed by atoms with Crippen molar-refractivity contribution < 1.29 is 18.3 Å². The number of hydrogen-bond acceptors (Lipinski definition) is 3. The standard InChI is InChI=1S/C22H28F2N4O2.HI/c1-4-25-21(29)14-30-18-8-6-7-16(11-18)13-27-22(26-5-2)28-15(3)17-9-10-19(23)20(24)12-17;/h6-12,15H,4-5,13-14H2,1-3H3,(H,25,29)(H2,26,27,28);1H. The van der Waals surface area contributed by atoms with Crippen LogP contribution in [-0.2, 0) is 11.3 Å². The summed E-state index contributed by atoms with van der Waals surface area (Å²) >= 11 is 0. The van der Waals surface area contributed by atoms with Crippen LogP contribution in [0.25, 0.3) is 0 Å². The van der Waals surface area contributed by atoms with Crippen molar-refractivity contribution in [2.24, 2.45) is 4.99 Å². The molecule has 0 saturated carbocycles. The molecule has 0 aromatic heterocycles. The Hall–Kier alpha value is -2.43. The first-order chi connectivity index (χ1) is 14.4. The van der Waals surface area contributed by atoms with Gasteiger partial charge in [0.1, 0.15) is 5.75 Å². The third-order valence-corrected chi connectivity index (χ3v) is 4.20. The highest BCUT2D eigenvalue weighted by Gasteiger charge is 2.11. The lowest BCUT2D eigenvalue weighted by Gasteiger charge is -2.18. The molecule has 0 heterocycles. The van der Waals surface area contributed by atoms with Crippen LogP contribution in [0.4, 0.5) is 8.78 Å². The summed E-state index contributed by atoms with van der Waals surface area (Å²) in [4.78, 5) is 16.1. The van der Waals surface area contributed by atoms with Gasteiger partial charge in [-0.2, -0.15) is 0 Å². The second kappa shape index (κ2) is 13.8. The van der Waals surface area contributed by atoms with E-state index in [-0.39, 0.29) is 42.5 Å². The summed E-state index contributed by atoms with van der Waals surface area (Å²) in [6, 6.07) is 10.9. The summed E-state index contributed by atoms with van der Waals surface area (Å²) < 4.78 is 32.2. The summed E-state index contributed by atoms with van der Waals surface area (Å²) in [7, 11) is 0. The van der Waals surface area contributed by atoms with E-state index in [1.807, 2.05) is 39.0 Å². The van der Waals surface area contributed by atoms with Gasteiger partial charge in [0.25, 0.3) is 5.91 Å². The molecule has 0 aliphatic heterocycles. The predicted octanol–water partition coefficient (Wildman–Crippen LogP) is 3.91. The molecule has 0 bridgehead atoms. The second-order valence-electron chi connectivity index (χ2n) is 6.62. The summed E-state index contributed by atoms with van der Waals surface area (Å²) in [6.45, 7) is 7.16. The number of nitrogens with one attached hydrogen (secondary N) is 3. The molecule has 0 spiro atoms. The Morgan fingerprint density at radius 1 is 1.06 bits per heavy atom. The lowest BCUT2D eigenvalue weighted by atomic mass is 10.1. The van der Waals surface area contributed by atoms with Gasteiger partial charge in [-0.25, -0.2) is 13.8 Å². The lowest BCUT2D eigenvalue weighted by molar-refractivity contribution is -0.122. The fourth-order valence-corrected chi connectivity index (χ4v) is 2.69. The minimum absolute atomic E-state index is 0. The molecule has 0 aliphatic carbocycles. The highest BCUT2D eigenvalue weighted by atomic mass is 127. The van der Waals surface area contributed by atoms with E-state index >= 15 is 0 Å². The Morgan fingerprint density at radius 2 is 1.81 bits per heavy atom. The first kappa shape index (κ1) is 26.6. The van der Waals surface area contributed by atoms with Gasteiger partial charge in [-0.3, -0.25) is 4.79 Å². The summed E-state index contributed by atoms with van der Waals surface area (Å²) in [6.07, 6.45) is 0. The Bertz CT molecular complexity index is 880. The Kier molecular flexibility index (Phi) is 11.8. The third kappa shape index (κ3) is 9.07. The fourth-order valence-electron chi connectivity index (χ4n) is 2.69. The van der Waals surface area contributed by atoms with Crippen molar-refractivity contribution in [3.63, 3.8) is 0 Å². The molecule has 31 heavy (non-hydrogen) atoms. The zero-order chi connectivity index (χ0) is 21.9. The molecular weight excluding hydrogens is 517 g/mol. The SMILES string of the molecule is CCNC(=O)COc1cccc(CN=C(NCC)NC(C)c2ccc(F)c(F)c2)c1.I. The van der Waals surface area contributed by atoms with E-state index in [0.29, 0.717) is 36.9 Å². The number of hydrogen-bond donors (Lipinski definition) is 3. The van der Waals surface area contributed by atoms with Gasteiger partial charge < -0.3 is 20.7 Å². The molecule has 0 fully saturated rings. The maximum absolute atomic E-state index is 13.5. The average Bonchev–Trinajstić information content (AvgIpc) is 2.73. The van der Waals surface area contributed by atoms with Gasteiger partial charge in [-0.05, 0) is 56.2 Å². The van der Waals surface area contributed by atoms with Crippen LogP contribution in [0.5, 0.6) is 5.75 Å². The molecule has 2 rings (SSSR count). The van der Waals surface area contributed by atoms with Crippen molar-refractivity contribution >= 4 is 35.8 Å². The molecule has 2 aromatic carbocycles. The van der Waals surface area contributed by atoms with Crippen molar-refractivity contribution in [1.82, 2.24) is 16.0 Å². The number of carbonyl (C=O) groups is 1. The zero-order valence-electron chi connectivity index (χ0n) is 17.9. The van der Waals surface area contributed by atoms with E-state index in [0.717, 1.165) is 11.6 Å². The topological polar surface area (TPSA) is 74.8 Å². The first-order valence-electron chi connectivity index (χ1n) is 9.91. The van der Waals surface area contributed by atoms with E-state index in [4.69, 9.17) is 4.74 Å². The number of nitrogens with zero attached hydrogens (tertiary/aromatic N) is 1. The maximum atomic E-state index is 13.5. The summed E-state index contributed by atoms with van der Waals surface area (Å²) in [5.74, 6) is -0.801. The van der Waals surface area contributed by atoms with Crippen molar-refractivity contribution in [2.45, 2.75) is 33.4 Å². The van der Waals surface area contributed by atoms with Gasteiger partial charge in [0, 0.05) is 13.1 Å². The average molecular weight is 546 g/mol. The number of amides is 1. The molecule has 9 heteroatoms. The van der Waals surface area contributed by atoms with Crippen molar-refractivity contribution in [2.75, 3.05) is 19.7 Å². The van der Waals surface area contributed by atoms with Crippen LogP contribution in [0.15, 0.2) is 47.5 Å². The molecule has 6 nitrogen and oxygen atoms in total. The fraction of sp³-hybridized carbons (Fsp3) is 0.364. The van der Waals surface area contributed by atoms with Crippen molar-refractivity contribution in [3.8, 4) is 5.75 Å². The third-order valence-electron chi connectivity index (χ3n) is 4.20. The summed E-state index contributed by atoms with van der Waals surface area (Å²) in [5.41, 5.74) is 1.52. The number of carbonyl (C=O) groups excluding carboxylic acids is 1. The predicted molar refractivity (Wildman–Crippen MR) is 129 cm³/mol. The number of rotatable bonds is 9. The van der Waals surface area contributed by atoms with Crippen LogP contribution in [-0.4, -0.2) is 31.6 Å². The monoisotopic (exact) mass is 546 g/mol. The molecular formula is C22H29F2IN4O2. The number of ether oxygens (including phenoxy) is 1. The lowest BCUT2D eigenvalue weighted by Crippen LogP contribution is -2.38. The van der Waals surface area contributed by atoms with Gasteiger partial charge >= 0.3 is 0 Å². The molecule has 3 N–H and O–H groups in total. The second-order valence-corrected chi connectivity index (χ2v) is 6.62. The maximum Gasteiger partial charge on any atom is 0.257 e. The molecule has 1 atom stereocenters. The number of benzene rings is 2. The quantitative estimate of drug-likeness (QED) is 0.254. The largest absolute Gasteiger partial charge is 0.484 e. The van der Waals surface area contributed by atoms with E-state index in [1.54, 1.807) is 6.07 Å². The highest BCUT2D eigenvalue weighted by molar-refractivity contribution is 14.0. The minimum atomic E-state index is -0.882. The molecule has 1 amide bonds. The highest BCUT2D eigenvalue weighted by Crippen LogP contribution is 2.16. The molecule has 0 saturated heterocycles. The van der Waals surface area contributed by atoms with Crippen molar-refractivity contribution in [3.05, 3.63) is 65.2 Å². The van der Waals surface area contributed by atoms with Crippen LogP contribution < -0.4 is 20.7 Å². The zero-order valence-corrected chi connectivity index (χ0v) is 20.2. The Balaban J connectivity index is 0.00000480. The van der Waals surface area contributed by atoms with Crippen LogP contribution >= 0.6 is 24.0 Å². The number of aliphatic imine (C=N–C) groups is 1. The van der Waals surface area contributed by atoms with Crippen LogP contribution in [0.2, 0.25) is 0 Å². The smallest absolute Gasteiger partial charge is 0.257 e. The molecule has 0 aliphatic rings. The molecule has 1 unspecified atom stereocenters. The van der Waals surface area contributed by atoms with Gasteiger partial charge in [-0.1, -0.05) is 18.2 Å². The van der Waals surface area contributed by atoms with Crippen LogP contribution in [0.3, 0.4) is 0 Å². The number of halogens is 3. The van der Waals surface area contributed by atoms with Crippen LogP contribution in [0, 0.1) is 11.6 Å². The normalized spacial score (nSPS) is 11.8. The number of guanidine groups is 1. The van der Waals surface area contributed by atoms with Gasteiger partial charge in [0.15, 0.2) is 24.2 Å². The minimum Gasteiger partial charge on any atom is -0.484 e.